The largest absolute Gasteiger partial charge is 0.492 e. The number of alkyl halides is 3. The third kappa shape index (κ3) is 6.25. The quantitative estimate of drug-likeness (QED) is 0.275. The van der Waals surface area contributed by atoms with Crippen molar-refractivity contribution in [1.29, 1.82) is 0 Å². The Kier molecular flexibility index (Phi) is 7.50. The van der Waals surface area contributed by atoms with E-state index < -0.39 is 23.3 Å². The summed E-state index contributed by atoms with van der Waals surface area (Å²) >= 11 is 1.43. The number of nitrogens with one attached hydrogen (secondary N) is 1. The summed E-state index contributed by atoms with van der Waals surface area (Å²) in [5.74, 6) is 0.686. The van der Waals surface area contributed by atoms with Gasteiger partial charge in [-0.3, -0.25) is 0 Å². The van der Waals surface area contributed by atoms with Gasteiger partial charge in [-0.15, -0.1) is 0 Å². The highest BCUT2D eigenvalue weighted by Crippen LogP contribution is 2.32. The van der Waals surface area contributed by atoms with Crippen LogP contribution in [-0.4, -0.2) is 39.0 Å². The fraction of sp³-hybridized carbons (Fsp3) is 0.333. The van der Waals surface area contributed by atoms with Crippen molar-refractivity contribution in [3.63, 3.8) is 0 Å². The summed E-state index contributed by atoms with van der Waals surface area (Å²) in [4.78, 5) is 18.7. The van der Waals surface area contributed by atoms with Crippen molar-refractivity contribution < 1.29 is 32.5 Å². The molecule has 0 bridgehead atoms. The number of halogens is 3. The molecule has 2 aromatic carbocycles. The van der Waals surface area contributed by atoms with E-state index in [1.807, 2.05) is 19.9 Å². The number of carbonyl (C=O) groups is 1. The Morgan fingerprint density at radius 3 is 2.32 bits per heavy atom. The number of imidazole rings is 1. The van der Waals surface area contributed by atoms with Crippen molar-refractivity contribution in [3.8, 4) is 22.8 Å². The average Bonchev–Trinajstić information content (AvgIpc) is 3.22. The molecule has 0 aliphatic rings. The van der Waals surface area contributed by atoms with Crippen LogP contribution in [0.25, 0.3) is 11.3 Å². The van der Waals surface area contributed by atoms with Crippen LogP contribution < -0.4 is 9.47 Å². The third-order valence-corrected chi connectivity index (χ3v) is 5.86. The molecule has 0 atom stereocenters. The van der Waals surface area contributed by atoms with Gasteiger partial charge in [0.15, 0.2) is 10.8 Å². The van der Waals surface area contributed by atoms with Crippen LogP contribution in [0.3, 0.4) is 0 Å². The number of hydrogen-bond donors (Lipinski definition) is 2. The molecule has 0 radical (unpaired) electrons. The van der Waals surface area contributed by atoms with Gasteiger partial charge in [-0.05, 0) is 68.7 Å². The summed E-state index contributed by atoms with van der Waals surface area (Å²) in [6.45, 7) is 7.04. The molecule has 1 heterocycles. The van der Waals surface area contributed by atoms with Gasteiger partial charge in [0.1, 0.15) is 11.5 Å². The molecule has 182 valence electrons. The minimum Gasteiger partial charge on any atom is -0.492 e. The first-order chi connectivity index (χ1) is 15.9. The zero-order chi connectivity index (χ0) is 25.1. The predicted molar refractivity (Wildman–Crippen MR) is 124 cm³/mol. The number of nitrogens with zero attached hydrogens (tertiary/aromatic N) is 1. The predicted octanol–water partition coefficient (Wildman–Crippen LogP) is 6.13. The second-order valence-corrected chi connectivity index (χ2v) is 9.26. The van der Waals surface area contributed by atoms with E-state index in [1.54, 1.807) is 12.3 Å². The van der Waals surface area contributed by atoms with Crippen molar-refractivity contribution in [1.82, 2.24) is 9.97 Å². The van der Waals surface area contributed by atoms with E-state index >= 15 is 0 Å². The number of H-pyrrole nitrogens is 1. The molecule has 2 N–H and O–H groups in total. The Labute approximate surface area is 199 Å². The topological polar surface area (TPSA) is 84.4 Å². The summed E-state index contributed by atoms with van der Waals surface area (Å²) in [7, 11) is 0. The first-order valence-corrected chi connectivity index (χ1v) is 11.4. The lowest BCUT2D eigenvalue weighted by atomic mass is 10.1. The molecule has 6 nitrogen and oxygen atoms in total. The summed E-state index contributed by atoms with van der Waals surface area (Å²) in [6, 6.07) is 8.46. The normalized spacial score (nSPS) is 12.0. The molecule has 0 amide bonds. The van der Waals surface area contributed by atoms with Gasteiger partial charge in [-0.1, -0.05) is 23.9 Å². The molecule has 0 fully saturated rings. The fourth-order valence-corrected chi connectivity index (χ4v) is 3.67. The monoisotopic (exact) mass is 494 g/mol. The van der Waals surface area contributed by atoms with Crippen LogP contribution in [0.2, 0.25) is 0 Å². The van der Waals surface area contributed by atoms with E-state index in [2.05, 4.69) is 9.97 Å². The lowest BCUT2D eigenvalue weighted by Gasteiger charge is -2.23. The summed E-state index contributed by atoms with van der Waals surface area (Å²) in [5.41, 5.74) is 0.771. The third-order valence-electron chi connectivity index (χ3n) is 5.01. The molecule has 1 aromatic heterocycles. The highest BCUT2D eigenvalue weighted by atomic mass is 32.2. The smallest absolute Gasteiger partial charge is 0.416 e. The molecule has 0 saturated heterocycles. The minimum absolute atomic E-state index is 0.391. The highest BCUT2D eigenvalue weighted by Gasteiger charge is 2.31. The number of aromatic nitrogens is 2. The fourth-order valence-electron chi connectivity index (χ4n) is 3.00. The number of ether oxygens (including phenoxy) is 2. The molecule has 10 heteroatoms. The highest BCUT2D eigenvalue weighted by molar-refractivity contribution is 7.99. The van der Waals surface area contributed by atoms with Gasteiger partial charge in [0.25, 0.3) is 0 Å². The van der Waals surface area contributed by atoms with Crippen LogP contribution in [0, 0.1) is 13.8 Å². The first-order valence-electron chi connectivity index (χ1n) is 10.4. The van der Waals surface area contributed by atoms with Gasteiger partial charge in [0.05, 0.1) is 24.1 Å². The Morgan fingerprint density at radius 1 is 1.09 bits per heavy atom. The van der Waals surface area contributed by atoms with Gasteiger partial charge in [-0.25, -0.2) is 9.78 Å². The maximum Gasteiger partial charge on any atom is 0.416 e. The van der Waals surface area contributed by atoms with Crippen molar-refractivity contribution in [2.24, 2.45) is 0 Å². The van der Waals surface area contributed by atoms with Crippen LogP contribution in [0.15, 0.2) is 47.8 Å². The molecular weight excluding hydrogens is 469 g/mol. The van der Waals surface area contributed by atoms with Gasteiger partial charge < -0.3 is 19.6 Å². The second kappa shape index (κ2) is 10.0. The number of carboxylic acids is 1. The second-order valence-electron chi connectivity index (χ2n) is 8.17. The molecule has 0 spiro atoms. The van der Waals surface area contributed by atoms with Crippen LogP contribution in [0.1, 0.15) is 30.5 Å². The molecule has 3 aromatic rings. The first kappa shape index (κ1) is 25.5. The van der Waals surface area contributed by atoms with Crippen molar-refractivity contribution in [2.75, 3.05) is 12.4 Å². The van der Waals surface area contributed by atoms with Gasteiger partial charge in [0.2, 0.25) is 0 Å². The van der Waals surface area contributed by atoms with E-state index in [4.69, 9.17) is 9.47 Å². The number of hydrogen-bond acceptors (Lipinski definition) is 5. The zero-order valence-corrected chi connectivity index (χ0v) is 19.9. The Morgan fingerprint density at radius 2 is 1.71 bits per heavy atom. The van der Waals surface area contributed by atoms with Crippen molar-refractivity contribution in [3.05, 3.63) is 59.3 Å². The minimum atomic E-state index is -4.37. The Balaban J connectivity index is 1.55. The maximum atomic E-state index is 12.7. The number of aryl methyl sites for hydroxylation is 2. The summed E-state index contributed by atoms with van der Waals surface area (Å²) in [6.07, 6.45) is -2.79. The van der Waals surface area contributed by atoms with Crippen LogP contribution in [-0.2, 0) is 11.0 Å². The van der Waals surface area contributed by atoms with Gasteiger partial charge in [-0.2, -0.15) is 13.2 Å². The Bertz CT molecular complexity index is 1160. The lowest BCUT2D eigenvalue weighted by Crippen LogP contribution is -2.38. The molecule has 34 heavy (non-hydrogen) atoms. The van der Waals surface area contributed by atoms with E-state index in [-0.39, 0.29) is 0 Å². The van der Waals surface area contributed by atoms with E-state index in [9.17, 15) is 23.1 Å². The van der Waals surface area contributed by atoms with Crippen LogP contribution in [0.4, 0.5) is 13.2 Å². The number of aromatic amines is 1. The van der Waals surface area contributed by atoms with Crippen molar-refractivity contribution >= 4 is 17.7 Å². The van der Waals surface area contributed by atoms with Gasteiger partial charge >= 0.3 is 12.1 Å². The SMILES string of the molecule is Cc1cc(OC(C)(C)C(=O)O)c(C)cc1OCCSc1ncc(-c2ccc(C(F)(F)F)cc2)[nH]1. The summed E-state index contributed by atoms with van der Waals surface area (Å²) in [5, 5.41) is 9.89. The van der Waals surface area contributed by atoms with E-state index in [0.717, 1.165) is 23.3 Å². The average molecular weight is 495 g/mol. The molecule has 0 aliphatic heterocycles. The van der Waals surface area contributed by atoms with Gasteiger partial charge in [0, 0.05) is 5.75 Å². The van der Waals surface area contributed by atoms with Crippen molar-refractivity contribution in [2.45, 2.75) is 44.6 Å². The zero-order valence-electron chi connectivity index (χ0n) is 19.1. The molecular formula is C24H25F3N2O4S. The molecule has 3 rings (SSSR count). The number of thioether (sulfide) groups is 1. The number of carboxylic acid groups (broad SMARTS) is 1. The number of benzene rings is 2. The molecule has 0 unspecified atom stereocenters. The number of rotatable bonds is 9. The van der Waals surface area contributed by atoms with E-state index in [1.165, 1.54) is 37.7 Å². The van der Waals surface area contributed by atoms with E-state index in [0.29, 0.717) is 40.3 Å². The lowest BCUT2D eigenvalue weighted by molar-refractivity contribution is -0.152. The standard InChI is InChI=1S/C24H25F3N2O4S/c1-14-12-20(33-23(3,4)21(30)31)15(2)11-19(14)32-9-10-34-22-28-13-18(29-22)16-5-7-17(8-6-16)24(25,26)27/h5-8,11-13H,9-10H2,1-4H3,(H,28,29)(H,30,31). The molecule has 0 saturated carbocycles. The maximum absolute atomic E-state index is 12.7. The van der Waals surface area contributed by atoms with Crippen LogP contribution >= 0.6 is 11.8 Å². The summed E-state index contributed by atoms with van der Waals surface area (Å²) < 4.78 is 49.7. The number of aliphatic carboxylic acids is 1. The molecule has 0 aliphatic carbocycles. The Hall–Kier alpha value is -3.14. The van der Waals surface area contributed by atoms with Crippen LogP contribution in [0.5, 0.6) is 11.5 Å².